The van der Waals surface area contributed by atoms with Crippen molar-refractivity contribution in [3.63, 3.8) is 0 Å². The minimum atomic E-state index is -0.309. The summed E-state index contributed by atoms with van der Waals surface area (Å²) in [7, 11) is 1.55. The summed E-state index contributed by atoms with van der Waals surface area (Å²) >= 11 is 0. The number of nitrogens with one attached hydrogen (secondary N) is 1. The summed E-state index contributed by atoms with van der Waals surface area (Å²) in [4.78, 5) is 12.5. The van der Waals surface area contributed by atoms with Gasteiger partial charge in [-0.15, -0.1) is 0 Å². The molecular formula is C25H23N3O2. The van der Waals surface area contributed by atoms with Gasteiger partial charge in [0.05, 0.1) is 18.9 Å². The zero-order valence-electron chi connectivity index (χ0n) is 17.0. The van der Waals surface area contributed by atoms with E-state index in [-0.39, 0.29) is 5.91 Å². The van der Waals surface area contributed by atoms with Gasteiger partial charge in [0.1, 0.15) is 5.75 Å². The number of para-hydroxylation sites is 1. The first-order valence-electron chi connectivity index (χ1n) is 9.75. The first-order valence-corrected chi connectivity index (χ1v) is 9.75. The molecule has 0 aliphatic rings. The van der Waals surface area contributed by atoms with Crippen LogP contribution in [0.5, 0.6) is 5.75 Å². The van der Waals surface area contributed by atoms with Gasteiger partial charge in [0.2, 0.25) is 0 Å². The van der Waals surface area contributed by atoms with E-state index in [0.29, 0.717) is 11.3 Å². The number of carbonyl (C=O) groups is 1. The molecule has 0 bridgehead atoms. The number of rotatable bonds is 6. The van der Waals surface area contributed by atoms with Crippen LogP contribution >= 0.6 is 0 Å². The predicted molar refractivity (Wildman–Crippen MR) is 120 cm³/mol. The minimum absolute atomic E-state index is 0.309. The monoisotopic (exact) mass is 397 g/mol. The number of nitrogens with zero attached hydrogens (tertiary/aromatic N) is 2. The van der Waals surface area contributed by atoms with Crippen molar-refractivity contribution in [2.45, 2.75) is 13.5 Å². The molecule has 4 aromatic rings. The molecule has 1 heterocycles. The number of hydrogen-bond donors (Lipinski definition) is 1. The van der Waals surface area contributed by atoms with Crippen molar-refractivity contribution < 1.29 is 9.53 Å². The maximum absolute atomic E-state index is 12.5. The number of hydrogen-bond acceptors (Lipinski definition) is 3. The Morgan fingerprint density at radius 2 is 1.83 bits per heavy atom. The average molecular weight is 397 g/mol. The molecule has 5 nitrogen and oxygen atoms in total. The summed E-state index contributed by atoms with van der Waals surface area (Å²) in [6.45, 7) is 2.72. The molecule has 0 aliphatic heterocycles. The number of amides is 1. The lowest BCUT2D eigenvalue weighted by Gasteiger charge is -2.07. The summed E-state index contributed by atoms with van der Waals surface area (Å²) in [6, 6.07) is 23.9. The summed E-state index contributed by atoms with van der Waals surface area (Å²) in [5, 5.41) is 5.28. The van der Waals surface area contributed by atoms with Gasteiger partial charge >= 0.3 is 0 Å². The Kier molecular flexibility index (Phi) is 5.61. The first-order chi connectivity index (χ1) is 14.7. The maximum atomic E-state index is 12.5. The molecule has 0 spiro atoms. The van der Waals surface area contributed by atoms with Gasteiger partial charge in [0.25, 0.3) is 5.91 Å². The highest BCUT2D eigenvalue weighted by Gasteiger charge is 2.12. The average Bonchev–Trinajstić information content (AvgIpc) is 3.11. The molecule has 30 heavy (non-hydrogen) atoms. The van der Waals surface area contributed by atoms with E-state index < -0.39 is 0 Å². The Labute approximate surface area is 175 Å². The molecule has 0 saturated carbocycles. The van der Waals surface area contributed by atoms with Crippen LogP contribution in [0.4, 0.5) is 0 Å². The van der Waals surface area contributed by atoms with Crippen molar-refractivity contribution in [2.24, 2.45) is 5.10 Å². The van der Waals surface area contributed by atoms with Crippen LogP contribution < -0.4 is 10.2 Å². The van der Waals surface area contributed by atoms with Crippen molar-refractivity contribution in [3.05, 3.63) is 101 Å². The number of aryl methyl sites for hydroxylation is 1. The van der Waals surface area contributed by atoms with Gasteiger partial charge in [0.15, 0.2) is 0 Å². The highest BCUT2D eigenvalue weighted by atomic mass is 16.5. The van der Waals surface area contributed by atoms with Crippen LogP contribution in [-0.4, -0.2) is 23.8 Å². The van der Waals surface area contributed by atoms with Gasteiger partial charge in [-0.1, -0.05) is 54.6 Å². The molecular weight excluding hydrogens is 374 g/mol. The summed E-state index contributed by atoms with van der Waals surface area (Å²) in [6.07, 6.45) is 3.74. The second kappa shape index (κ2) is 8.66. The molecule has 4 rings (SSSR count). The molecule has 0 unspecified atom stereocenters. The minimum Gasteiger partial charge on any atom is -0.496 e. The molecule has 1 N–H and O–H groups in total. The predicted octanol–water partition coefficient (Wildman–Crippen LogP) is 4.77. The van der Waals surface area contributed by atoms with E-state index in [0.717, 1.165) is 28.6 Å². The van der Waals surface area contributed by atoms with E-state index in [1.54, 1.807) is 19.4 Å². The molecule has 5 heteroatoms. The fourth-order valence-corrected chi connectivity index (χ4v) is 3.50. The largest absolute Gasteiger partial charge is 0.496 e. The zero-order chi connectivity index (χ0) is 20.9. The quantitative estimate of drug-likeness (QED) is 0.376. The van der Waals surface area contributed by atoms with Crippen LogP contribution in [0.1, 0.15) is 27.0 Å². The van der Waals surface area contributed by atoms with Gasteiger partial charge in [-0.3, -0.25) is 4.79 Å². The van der Waals surface area contributed by atoms with Gasteiger partial charge in [-0.25, -0.2) is 5.43 Å². The molecule has 3 aromatic carbocycles. The SMILES string of the molecule is COc1cc(C)ccc1C(=O)N/N=C\c1cn(Cc2ccccc2)c2ccccc12. The number of fused-ring (bicyclic) bond motifs is 1. The van der Waals surface area contributed by atoms with Crippen LogP contribution in [0.15, 0.2) is 84.1 Å². The molecule has 150 valence electrons. The van der Waals surface area contributed by atoms with E-state index in [4.69, 9.17) is 4.74 Å². The normalized spacial score (nSPS) is 11.1. The Bertz CT molecular complexity index is 1210. The Morgan fingerprint density at radius 3 is 2.63 bits per heavy atom. The number of methoxy groups -OCH3 is 1. The van der Waals surface area contributed by atoms with Crippen molar-refractivity contribution >= 4 is 23.0 Å². The van der Waals surface area contributed by atoms with Gasteiger partial charge in [-0.2, -0.15) is 5.10 Å². The van der Waals surface area contributed by atoms with Gasteiger partial charge < -0.3 is 9.30 Å². The Hall–Kier alpha value is -3.86. The van der Waals surface area contributed by atoms with Crippen LogP contribution in [0.25, 0.3) is 10.9 Å². The summed E-state index contributed by atoms with van der Waals surface area (Å²) in [5.41, 5.74) is 7.37. The molecule has 0 fully saturated rings. The third-order valence-electron chi connectivity index (χ3n) is 4.99. The lowest BCUT2D eigenvalue weighted by atomic mass is 10.1. The standard InChI is InChI=1S/C25H23N3O2/c1-18-12-13-22(24(14-18)30-2)25(29)27-26-15-20-17-28(16-19-8-4-3-5-9-19)23-11-7-6-10-21(20)23/h3-15,17H,16H2,1-2H3,(H,27,29)/b26-15-. The molecule has 0 atom stereocenters. The van der Waals surface area contributed by atoms with Crippen molar-refractivity contribution in [3.8, 4) is 5.75 Å². The highest BCUT2D eigenvalue weighted by molar-refractivity contribution is 6.01. The molecule has 0 radical (unpaired) electrons. The summed E-state index contributed by atoms with van der Waals surface area (Å²) in [5.74, 6) is 0.221. The number of hydrazone groups is 1. The Balaban J connectivity index is 1.57. The Morgan fingerprint density at radius 1 is 1.07 bits per heavy atom. The lowest BCUT2D eigenvalue weighted by molar-refractivity contribution is 0.0952. The van der Waals surface area contributed by atoms with Gasteiger partial charge in [-0.05, 0) is 36.2 Å². The van der Waals surface area contributed by atoms with Gasteiger partial charge in [0, 0.05) is 29.2 Å². The maximum Gasteiger partial charge on any atom is 0.275 e. The van der Waals surface area contributed by atoms with E-state index in [1.165, 1.54) is 5.56 Å². The van der Waals surface area contributed by atoms with E-state index >= 15 is 0 Å². The second-order valence-corrected chi connectivity index (χ2v) is 7.12. The van der Waals surface area contributed by atoms with Crippen LogP contribution in [-0.2, 0) is 6.54 Å². The highest BCUT2D eigenvalue weighted by Crippen LogP contribution is 2.22. The number of ether oxygens (including phenoxy) is 1. The topological polar surface area (TPSA) is 55.6 Å². The van der Waals surface area contributed by atoms with E-state index in [9.17, 15) is 4.79 Å². The van der Waals surface area contributed by atoms with Crippen LogP contribution in [0, 0.1) is 6.92 Å². The van der Waals surface area contributed by atoms with Crippen molar-refractivity contribution in [1.82, 2.24) is 9.99 Å². The second-order valence-electron chi connectivity index (χ2n) is 7.12. The van der Waals surface area contributed by atoms with E-state index in [2.05, 4.69) is 45.6 Å². The smallest absolute Gasteiger partial charge is 0.275 e. The van der Waals surface area contributed by atoms with Crippen LogP contribution in [0.2, 0.25) is 0 Å². The zero-order valence-corrected chi connectivity index (χ0v) is 17.0. The van der Waals surface area contributed by atoms with E-state index in [1.807, 2.05) is 49.4 Å². The first kappa shape index (κ1) is 19.5. The number of benzene rings is 3. The molecule has 1 amide bonds. The molecule has 0 saturated heterocycles. The van der Waals surface area contributed by atoms with Crippen molar-refractivity contribution in [2.75, 3.05) is 7.11 Å². The lowest BCUT2D eigenvalue weighted by Crippen LogP contribution is -2.18. The molecule has 1 aromatic heterocycles. The molecule has 0 aliphatic carbocycles. The third-order valence-corrected chi connectivity index (χ3v) is 4.99. The summed E-state index contributed by atoms with van der Waals surface area (Å²) < 4.78 is 7.50. The van der Waals surface area contributed by atoms with Crippen molar-refractivity contribution in [1.29, 1.82) is 0 Å². The number of carbonyl (C=O) groups excluding carboxylic acids is 1. The van der Waals surface area contributed by atoms with Crippen LogP contribution in [0.3, 0.4) is 0 Å². The number of aromatic nitrogens is 1. The fraction of sp³-hybridized carbons (Fsp3) is 0.120. The third kappa shape index (κ3) is 4.10. The fourth-order valence-electron chi connectivity index (χ4n) is 3.50.